The molecule has 1 amide bonds. The Morgan fingerprint density at radius 3 is 2.83 bits per heavy atom. The number of anilines is 1. The minimum atomic E-state index is -4.57. The Labute approximate surface area is 172 Å². The smallest absolute Gasteiger partial charge is 0.449 e. The predicted molar refractivity (Wildman–Crippen MR) is 101 cm³/mol. The minimum Gasteiger partial charge on any atom is -0.490 e. The Balaban J connectivity index is 1.53. The number of amides is 1. The van der Waals surface area contributed by atoms with Crippen LogP contribution in [0, 0.1) is 0 Å². The molecule has 1 atom stereocenters. The third kappa shape index (κ3) is 2.78. The third-order valence-corrected chi connectivity index (χ3v) is 6.46. The fourth-order valence-electron chi connectivity index (χ4n) is 3.96. The average Bonchev–Trinajstić information content (AvgIpc) is 3.44. The molecule has 0 fully saturated rings. The van der Waals surface area contributed by atoms with Crippen molar-refractivity contribution < 1.29 is 31.9 Å². The summed E-state index contributed by atoms with van der Waals surface area (Å²) < 4.78 is 54.5. The molecule has 6 nitrogen and oxygen atoms in total. The van der Waals surface area contributed by atoms with Crippen molar-refractivity contribution in [3.8, 4) is 11.6 Å². The number of aromatic nitrogens is 1. The number of ether oxygens (including phenoxy) is 2. The molecule has 2 aliphatic rings. The Hall–Kier alpha value is -3.01. The van der Waals surface area contributed by atoms with Crippen molar-refractivity contribution in [3.05, 3.63) is 57.8 Å². The molecule has 1 spiro atoms. The lowest BCUT2D eigenvalue weighted by Gasteiger charge is -2.36. The zero-order valence-electron chi connectivity index (χ0n) is 15.7. The van der Waals surface area contributed by atoms with Crippen LogP contribution in [0.4, 0.5) is 18.9 Å². The number of thiophene rings is 1. The van der Waals surface area contributed by atoms with Crippen LogP contribution in [0.5, 0.6) is 11.6 Å². The van der Waals surface area contributed by atoms with Gasteiger partial charge in [0.15, 0.2) is 0 Å². The number of hydrogen-bond acceptors (Lipinski definition) is 6. The summed E-state index contributed by atoms with van der Waals surface area (Å²) in [5.74, 6) is -0.254. The number of halogens is 3. The molecule has 0 N–H and O–H groups in total. The van der Waals surface area contributed by atoms with E-state index in [2.05, 4.69) is 4.98 Å². The molecule has 0 aromatic carbocycles. The molecule has 3 aromatic rings. The van der Waals surface area contributed by atoms with E-state index >= 15 is 0 Å². The van der Waals surface area contributed by atoms with E-state index in [1.165, 1.54) is 29.4 Å². The van der Waals surface area contributed by atoms with Gasteiger partial charge in [0.2, 0.25) is 17.5 Å². The van der Waals surface area contributed by atoms with Gasteiger partial charge in [0.1, 0.15) is 23.8 Å². The number of pyridine rings is 1. The molecule has 5 heterocycles. The Kier molecular flexibility index (Phi) is 4.11. The fourth-order valence-corrected chi connectivity index (χ4v) is 5.05. The van der Waals surface area contributed by atoms with Crippen LogP contribution in [0.1, 0.15) is 28.5 Å². The zero-order valence-corrected chi connectivity index (χ0v) is 16.5. The maximum absolute atomic E-state index is 13.1. The van der Waals surface area contributed by atoms with Crippen molar-refractivity contribution >= 4 is 22.9 Å². The molecule has 156 valence electrons. The van der Waals surface area contributed by atoms with Gasteiger partial charge in [0, 0.05) is 17.4 Å². The van der Waals surface area contributed by atoms with Gasteiger partial charge >= 0.3 is 6.18 Å². The van der Waals surface area contributed by atoms with Gasteiger partial charge in [-0.05, 0) is 29.6 Å². The Bertz CT molecular complexity index is 1140. The first kappa shape index (κ1) is 19.0. The zero-order chi connectivity index (χ0) is 21.1. The standard InChI is InChI=1S/C20H15F3N2O4S/c1-27-15-5-3-13-17(24-15)19(10-28-13)8-16(26)25(12-6-7-30-18(12)19)9-11-2-4-14(29-11)20(21,22)23/h2-7H,8-10H2,1H3. The van der Waals surface area contributed by atoms with Crippen LogP contribution >= 0.6 is 11.3 Å². The number of carbonyl (C=O) groups excluding carboxylic acids is 1. The normalized spacial score (nSPS) is 20.3. The molecule has 3 aromatic heterocycles. The quantitative estimate of drug-likeness (QED) is 0.610. The van der Waals surface area contributed by atoms with Gasteiger partial charge in [0.25, 0.3) is 0 Å². The number of hydrogen-bond donors (Lipinski definition) is 0. The number of methoxy groups -OCH3 is 1. The maximum Gasteiger partial charge on any atom is 0.449 e. The van der Waals surface area contributed by atoms with E-state index in [-0.39, 0.29) is 31.2 Å². The molecule has 0 aliphatic carbocycles. The first-order valence-corrected chi connectivity index (χ1v) is 9.92. The highest BCUT2D eigenvalue weighted by Crippen LogP contribution is 2.53. The highest BCUT2D eigenvalue weighted by molar-refractivity contribution is 7.10. The largest absolute Gasteiger partial charge is 0.490 e. The van der Waals surface area contributed by atoms with Crippen molar-refractivity contribution in [1.29, 1.82) is 0 Å². The molecular weight excluding hydrogens is 421 g/mol. The van der Waals surface area contributed by atoms with Crippen molar-refractivity contribution in [2.45, 2.75) is 24.6 Å². The number of furan rings is 1. The van der Waals surface area contributed by atoms with Crippen LogP contribution in [0.25, 0.3) is 0 Å². The van der Waals surface area contributed by atoms with Gasteiger partial charge in [-0.2, -0.15) is 13.2 Å². The highest BCUT2D eigenvalue weighted by atomic mass is 32.1. The Morgan fingerprint density at radius 1 is 1.27 bits per heavy atom. The van der Waals surface area contributed by atoms with Gasteiger partial charge in [-0.3, -0.25) is 4.79 Å². The van der Waals surface area contributed by atoms with E-state index in [9.17, 15) is 18.0 Å². The number of rotatable bonds is 3. The summed E-state index contributed by atoms with van der Waals surface area (Å²) in [6.45, 7) is 0.169. The van der Waals surface area contributed by atoms with Crippen LogP contribution in [0.2, 0.25) is 0 Å². The summed E-state index contributed by atoms with van der Waals surface area (Å²) in [7, 11) is 1.51. The van der Waals surface area contributed by atoms with Crippen molar-refractivity contribution in [3.63, 3.8) is 0 Å². The van der Waals surface area contributed by atoms with E-state index in [0.717, 1.165) is 10.9 Å². The summed E-state index contributed by atoms with van der Waals surface area (Å²) >= 11 is 1.46. The van der Waals surface area contributed by atoms with Crippen LogP contribution in [0.3, 0.4) is 0 Å². The van der Waals surface area contributed by atoms with Crippen LogP contribution in [-0.4, -0.2) is 24.6 Å². The average molecular weight is 436 g/mol. The molecule has 1 unspecified atom stereocenters. The molecular formula is C20H15F3N2O4S. The van der Waals surface area contributed by atoms with Gasteiger partial charge < -0.3 is 18.8 Å². The number of fused-ring (bicyclic) bond motifs is 4. The lowest BCUT2D eigenvalue weighted by Crippen LogP contribution is -2.45. The summed E-state index contributed by atoms with van der Waals surface area (Å²) in [4.78, 5) is 20.0. The molecule has 10 heteroatoms. The molecule has 30 heavy (non-hydrogen) atoms. The van der Waals surface area contributed by atoms with E-state index < -0.39 is 17.4 Å². The fraction of sp³-hybridized carbons (Fsp3) is 0.300. The molecule has 0 saturated heterocycles. The summed E-state index contributed by atoms with van der Waals surface area (Å²) in [5.41, 5.74) is 0.513. The van der Waals surface area contributed by atoms with Crippen molar-refractivity contribution in [2.75, 3.05) is 18.6 Å². The molecule has 2 aliphatic heterocycles. The van der Waals surface area contributed by atoms with Gasteiger partial charge in [-0.1, -0.05) is 0 Å². The van der Waals surface area contributed by atoms with Crippen LogP contribution in [0.15, 0.2) is 40.1 Å². The second-order valence-corrected chi connectivity index (χ2v) is 8.04. The molecule has 0 radical (unpaired) electrons. The first-order valence-electron chi connectivity index (χ1n) is 9.04. The monoisotopic (exact) mass is 436 g/mol. The summed E-state index contributed by atoms with van der Waals surface area (Å²) in [6.07, 6.45) is -4.49. The number of alkyl halides is 3. The SMILES string of the molecule is COc1ccc2c(n1)C1(CO2)CC(=O)N(Cc2ccc(C(F)(F)F)o2)c2ccsc21. The lowest BCUT2D eigenvalue weighted by molar-refractivity contribution is -0.153. The second kappa shape index (κ2) is 6.49. The third-order valence-electron chi connectivity index (χ3n) is 5.35. The second-order valence-electron chi connectivity index (χ2n) is 7.13. The van der Waals surface area contributed by atoms with Crippen LogP contribution < -0.4 is 14.4 Å². The topological polar surface area (TPSA) is 64.8 Å². The number of nitrogens with zero attached hydrogens (tertiary/aromatic N) is 2. The number of carbonyl (C=O) groups is 1. The van der Waals surface area contributed by atoms with Gasteiger partial charge in [-0.15, -0.1) is 11.3 Å². The predicted octanol–water partition coefficient (Wildman–Crippen LogP) is 4.38. The van der Waals surface area contributed by atoms with E-state index in [0.29, 0.717) is 23.0 Å². The van der Waals surface area contributed by atoms with Gasteiger partial charge in [-0.25, -0.2) is 4.98 Å². The van der Waals surface area contributed by atoms with Gasteiger partial charge in [0.05, 0.1) is 24.8 Å². The molecule has 0 bridgehead atoms. The van der Waals surface area contributed by atoms with Crippen molar-refractivity contribution in [2.24, 2.45) is 0 Å². The lowest BCUT2D eigenvalue weighted by atomic mass is 9.77. The minimum absolute atomic E-state index is 0.0617. The summed E-state index contributed by atoms with van der Waals surface area (Å²) in [6, 6.07) is 7.36. The summed E-state index contributed by atoms with van der Waals surface area (Å²) in [5, 5.41) is 1.85. The van der Waals surface area contributed by atoms with E-state index in [1.54, 1.807) is 18.2 Å². The Morgan fingerprint density at radius 2 is 2.10 bits per heavy atom. The van der Waals surface area contributed by atoms with E-state index in [1.807, 2.05) is 5.38 Å². The highest BCUT2D eigenvalue weighted by Gasteiger charge is 2.52. The van der Waals surface area contributed by atoms with E-state index in [4.69, 9.17) is 13.9 Å². The molecule has 0 saturated carbocycles. The molecule has 5 rings (SSSR count). The maximum atomic E-state index is 13.1. The van der Waals surface area contributed by atoms with Crippen LogP contribution in [-0.2, 0) is 22.9 Å². The van der Waals surface area contributed by atoms with Crippen molar-refractivity contribution in [1.82, 2.24) is 4.98 Å². The first-order chi connectivity index (χ1) is 14.3.